The van der Waals surface area contributed by atoms with Gasteiger partial charge in [-0.3, -0.25) is 5.73 Å². The number of nitrogens with two attached hydrogens (primary N) is 1. The van der Waals surface area contributed by atoms with Gasteiger partial charge < -0.3 is 0 Å². The molecular weight excluding hydrogens is 417 g/mol. The Hall–Kier alpha value is -1.48. The maximum atomic E-state index is 12.8. The highest BCUT2D eigenvalue weighted by molar-refractivity contribution is 8.04. The number of nitriles is 1. The molecule has 0 fully saturated rings. The summed E-state index contributed by atoms with van der Waals surface area (Å²) in [5, 5.41) is 14.2. The number of benzene rings is 1. The average molecular weight is 421 g/mol. The van der Waals surface area contributed by atoms with Gasteiger partial charge in [-0.05, 0) is 23.9 Å². The molecule has 1 heterocycles. The summed E-state index contributed by atoms with van der Waals surface area (Å²) in [6.07, 6.45) is -4.79. The lowest BCUT2D eigenvalue weighted by molar-refractivity contribution is -0.137. The van der Waals surface area contributed by atoms with E-state index in [4.69, 9.17) is 34.2 Å². The lowest BCUT2D eigenvalue weighted by atomic mass is 9.98. The monoisotopic (exact) mass is 420 g/mol. The molecule has 134 valence electrons. The lowest BCUT2D eigenvalue weighted by Crippen LogP contribution is -2.36. The first-order chi connectivity index (χ1) is 11.3. The molecule has 2 rings (SSSR count). The van der Waals surface area contributed by atoms with Crippen LogP contribution in [-0.2, 0) is 11.8 Å². The van der Waals surface area contributed by atoms with Gasteiger partial charge >= 0.3 is 11.7 Å². The minimum atomic E-state index is -4.86. The summed E-state index contributed by atoms with van der Waals surface area (Å²) in [5.74, 6) is 0. The van der Waals surface area contributed by atoms with Crippen molar-refractivity contribution in [1.29, 1.82) is 5.26 Å². The van der Waals surface area contributed by atoms with Crippen molar-refractivity contribution < 1.29 is 26.3 Å². The molecule has 1 aromatic carbocycles. The van der Waals surface area contributed by atoms with E-state index < -0.39 is 60.9 Å². The van der Waals surface area contributed by atoms with Gasteiger partial charge in [-0.2, -0.15) is 36.7 Å². The van der Waals surface area contributed by atoms with E-state index in [1.807, 2.05) is 0 Å². The van der Waals surface area contributed by atoms with E-state index in [2.05, 4.69) is 10.2 Å². The molecule has 0 bridgehead atoms. The van der Waals surface area contributed by atoms with E-state index in [0.29, 0.717) is 12.1 Å². The molecule has 1 unspecified atom stereocenters. The Balaban J connectivity index is 2.66. The summed E-state index contributed by atoms with van der Waals surface area (Å²) < 4.78 is 76.6. The number of hydrogen-bond acceptors (Lipinski definition) is 5. The maximum Gasteiger partial charge on any atom is 0.446 e. The number of rotatable bonds is 2. The molecule has 25 heavy (non-hydrogen) atoms. The molecule has 0 aliphatic carbocycles. The summed E-state index contributed by atoms with van der Waals surface area (Å²) >= 11 is 10.8. The fraction of sp³-hybridized carbons (Fsp3) is 0.250. The standard InChI is InChI=1S/C12H4Cl2F6N4S/c13-5-1-4(11(15,16)17)2-6(14)8(5)10(22)9(25-12(18,19)20)7(3-21)23-24-10/h1-2H,22H2. The molecule has 0 amide bonds. The van der Waals surface area contributed by atoms with Crippen LogP contribution in [0.5, 0.6) is 0 Å². The number of alkyl halides is 6. The third-order valence-corrected chi connectivity index (χ3v) is 4.48. The van der Waals surface area contributed by atoms with Gasteiger partial charge in [0.05, 0.1) is 20.5 Å². The Morgan fingerprint density at radius 3 is 2.04 bits per heavy atom. The second-order valence-corrected chi connectivity index (χ2v) is 6.51. The molecule has 0 saturated carbocycles. The zero-order valence-corrected chi connectivity index (χ0v) is 13.8. The second kappa shape index (κ2) is 6.35. The summed E-state index contributed by atoms with van der Waals surface area (Å²) in [5.41, 5.74) is -3.97. The highest BCUT2D eigenvalue weighted by Crippen LogP contribution is 2.52. The number of azo groups is 1. The fourth-order valence-corrected chi connectivity index (χ4v) is 3.47. The van der Waals surface area contributed by atoms with Gasteiger partial charge in [0.2, 0.25) is 0 Å². The van der Waals surface area contributed by atoms with Gasteiger partial charge in [-0.15, -0.1) is 5.11 Å². The summed E-state index contributed by atoms with van der Waals surface area (Å²) in [7, 11) is 0. The number of allylic oxidation sites excluding steroid dienone is 1. The normalized spacial score (nSPS) is 21.0. The highest BCUT2D eigenvalue weighted by atomic mass is 35.5. The minimum absolute atomic E-state index is 0.452. The molecule has 0 radical (unpaired) electrons. The molecule has 1 aromatic rings. The Morgan fingerprint density at radius 2 is 1.64 bits per heavy atom. The Labute approximate surface area is 150 Å². The summed E-state index contributed by atoms with van der Waals surface area (Å²) in [6.45, 7) is 0. The Bertz CT molecular complexity index is 803. The molecule has 0 spiro atoms. The number of halogens is 8. The zero-order valence-electron chi connectivity index (χ0n) is 11.5. The topological polar surface area (TPSA) is 74.5 Å². The lowest BCUT2D eigenvalue weighted by Gasteiger charge is -2.26. The third-order valence-electron chi connectivity index (χ3n) is 2.94. The predicted octanol–water partition coefficient (Wildman–Crippen LogP) is 5.58. The zero-order chi connectivity index (χ0) is 19.2. The van der Waals surface area contributed by atoms with E-state index in [1.54, 1.807) is 0 Å². The van der Waals surface area contributed by atoms with Crippen LogP contribution >= 0.6 is 35.0 Å². The van der Waals surface area contributed by atoms with Gasteiger partial charge in [0.25, 0.3) is 0 Å². The van der Waals surface area contributed by atoms with Crippen LogP contribution in [0.15, 0.2) is 33.0 Å². The minimum Gasteiger partial charge on any atom is -0.297 e. The van der Waals surface area contributed by atoms with Crippen molar-refractivity contribution in [3.05, 3.63) is 43.9 Å². The first-order valence-electron chi connectivity index (χ1n) is 5.98. The van der Waals surface area contributed by atoms with Crippen molar-refractivity contribution in [3.8, 4) is 6.07 Å². The van der Waals surface area contributed by atoms with Crippen LogP contribution in [0.25, 0.3) is 0 Å². The van der Waals surface area contributed by atoms with Crippen LogP contribution in [0.2, 0.25) is 10.0 Å². The van der Waals surface area contributed by atoms with E-state index in [1.165, 1.54) is 6.07 Å². The van der Waals surface area contributed by atoms with Crippen LogP contribution in [-0.4, -0.2) is 5.51 Å². The number of nitrogens with zero attached hydrogens (tertiary/aromatic N) is 3. The van der Waals surface area contributed by atoms with E-state index in [9.17, 15) is 26.3 Å². The molecule has 2 N–H and O–H groups in total. The Kier molecular flexibility index (Phi) is 5.04. The van der Waals surface area contributed by atoms with Crippen molar-refractivity contribution in [3.63, 3.8) is 0 Å². The molecule has 1 aliphatic rings. The summed E-state index contributed by atoms with van der Waals surface area (Å²) in [6, 6.07) is 2.29. The molecule has 1 atom stereocenters. The fourth-order valence-electron chi connectivity index (χ4n) is 1.98. The molecule has 4 nitrogen and oxygen atoms in total. The van der Waals surface area contributed by atoms with Gasteiger partial charge in [0.15, 0.2) is 11.4 Å². The molecular formula is C12H4Cl2F6N4S. The Morgan fingerprint density at radius 1 is 1.12 bits per heavy atom. The van der Waals surface area contributed by atoms with Gasteiger partial charge in [0, 0.05) is 5.56 Å². The molecule has 13 heteroatoms. The van der Waals surface area contributed by atoms with E-state index >= 15 is 0 Å². The maximum absolute atomic E-state index is 12.8. The van der Waals surface area contributed by atoms with Crippen LogP contribution in [0.1, 0.15) is 11.1 Å². The van der Waals surface area contributed by atoms with Gasteiger partial charge in [-0.25, -0.2) is 0 Å². The van der Waals surface area contributed by atoms with Crippen LogP contribution in [0, 0.1) is 11.3 Å². The van der Waals surface area contributed by atoms with E-state index in [0.717, 1.165) is 0 Å². The SMILES string of the molecule is N#CC1=C(SC(F)(F)F)C(N)(c2c(Cl)cc(C(F)(F)F)cc2Cl)N=N1. The summed E-state index contributed by atoms with van der Waals surface area (Å²) in [4.78, 5) is -0.842. The van der Waals surface area contributed by atoms with Crippen LogP contribution < -0.4 is 5.73 Å². The van der Waals surface area contributed by atoms with Crippen molar-refractivity contribution in [2.75, 3.05) is 0 Å². The predicted molar refractivity (Wildman–Crippen MR) is 78.5 cm³/mol. The highest BCUT2D eigenvalue weighted by Gasteiger charge is 2.48. The second-order valence-electron chi connectivity index (χ2n) is 4.62. The van der Waals surface area contributed by atoms with Crippen molar-refractivity contribution >= 4 is 35.0 Å². The van der Waals surface area contributed by atoms with Crippen molar-refractivity contribution in [2.24, 2.45) is 16.0 Å². The van der Waals surface area contributed by atoms with Crippen LogP contribution in [0.4, 0.5) is 26.3 Å². The molecule has 0 aromatic heterocycles. The van der Waals surface area contributed by atoms with E-state index in [-0.39, 0.29) is 0 Å². The van der Waals surface area contributed by atoms with Gasteiger partial charge in [-0.1, -0.05) is 23.2 Å². The van der Waals surface area contributed by atoms with Crippen molar-refractivity contribution in [2.45, 2.75) is 17.3 Å². The molecule has 0 saturated heterocycles. The first kappa shape index (κ1) is 19.8. The molecule has 1 aliphatic heterocycles. The number of hydrogen-bond donors (Lipinski definition) is 1. The first-order valence-corrected chi connectivity index (χ1v) is 7.56. The average Bonchev–Trinajstić information content (AvgIpc) is 2.72. The van der Waals surface area contributed by atoms with Gasteiger partial charge in [0.1, 0.15) is 6.07 Å². The number of thioether (sulfide) groups is 1. The quantitative estimate of drug-likeness (QED) is 0.634. The smallest absolute Gasteiger partial charge is 0.297 e. The largest absolute Gasteiger partial charge is 0.446 e. The van der Waals surface area contributed by atoms with Crippen LogP contribution in [0.3, 0.4) is 0 Å². The van der Waals surface area contributed by atoms with Crippen molar-refractivity contribution in [1.82, 2.24) is 0 Å². The third kappa shape index (κ3) is 3.87.